The Morgan fingerprint density at radius 2 is 1.24 bits per heavy atom. The van der Waals surface area contributed by atoms with Gasteiger partial charge >= 0.3 is 0 Å². The van der Waals surface area contributed by atoms with Crippen molar-refractivity contribution in [1.29, 1.82) is 0 Å². The molecule has 0 radical (unpaired) electrons. The quantitative estimate of drug-likeness (QED) is 0.442. The molecule has 0 bridgehead atoms. The molecule has 0 aliphatic rings. The van der Waals surface area contributed by atoms with Crippen molar-refractivity contribution in [3.8, 4) is 5.75 Å². The minimum Gasteiger partial charge on any atom is -0.499 e. The zero-order valence-corrected chi connectivity index (χ0v) is 14.5. The Labute approximate surface area is 150 Å². The monoisotopic (exact) mass is 342 g/mol. The van der Waals surface area contributed by atoms with Gasteiger partial charge in [-0.15, -0.1) is 0 Å². The fourth-order valence-electron chi connectivity index (χ4n) is 1.76. The van der Waals surface area contributed by atoms with Gasteiger partial charge in [-0.3, -0.25) is 0 Å². The highest BCUT2D eigenvalue weighted by molar-refractivity contribution is 5.20. The first kappa shape index (κ1) is 20.3. The average Bonchev–Trinajstić information content (AvgIpc) is 2.67. The van der Waals surface area contributed by atoms with Crippen molar-refractivity contribution in [3.05, 3.63) is 91.9 Å². The fourth-order valence-corrected chi connectivity index (χ4v) is 1.76. The van der Waals surface area contributed by atoms with E-state index >= 15 is 0 Å². The third-order valence-corrected chi connectivity index (χ3v) is 2.91. The number of benzene rings is 2. The Morgan fingerprint density at radius 1 is 0.680 bits per heavy atom. The van der Waals surface area contributed by atoms with Crippen LogP contribution >= 0.6 is 0 Å². The Morgan fingerprint density at radius 3 is 1.84 bits per heavy atom. The van der Waals surface area contributed by atoms with Gasteiger partial charge in [-0.05, 0) is 17.7 Å². The van der Waals surface area contributed by atoms with Crippen molar-refractivity contribution < 1.29 is 18.9 Å². The molecule has 0 heterocycles. The van der Waals surface area contributed by atoms with E-state index in [-0.39, 0.29) is 0 Å². The molecule has 0 atom stereocenters. The molecule has 2 aromatic rings. The van der Waals surface area contributed by atoms with Gasteiger partial charge in [-0.1, -0.05) is 61.7 Å². The summed E-state index contributed by atoms with van der Waals surface area (Å²) in [6, 6.07) is 19.7. The van der Waals surface area contributed by atoms with Crippen LogP contribution in [0, 0.1) is 0 Å². The van der Waals surface area contributed by atoms with E-state index in [1.807, 2.05) is 60.7 Å². The summed E-state index contributed by atoms with van der Waals surface area (Å²) in [5, 5.41) is 0. The summed E-state index contributed by atoms with van der Waals surface area (Å²) in [5.74, 6) is 0.866. The molecule has 0 saturated carbocycles. The second-order valence-corrected chi connectivity index (χ2v) is 4.77. The van der Waals surface area contributed by atoms with Crippen molar-refractivity contribution in [2.45, 2.75) is 6.61 Å². The van der Waals surface area contributed by atoms with Crippen molar-refractivity contribution >= 4 is 0 Å². The van der Waals surface area contributed by atoms with Gasteiger partial charge in [0.05, 0.1) is 25.7 Å². The molecule has 0 unspecified atom stereocenters. The topological polar surface area (TPSA) is 36.9 Å². The summed E-state index contributed by atoms with van der Waals surface area (Å²) in [5.41, 5.74) is 1.18. The summed E-state index contributed by atoms with van der Waals surface area (Å²) in [7, 11) is 0. The lowest BCUT2D eigenvalue weighted by Gasteiger charge is -2.04. The molecular formula is C21H26O4. The first-order valence-corrected chi connectivity index (χ1v) is 8.11. The van der Waals surface area contributed by atoms with Crippen LogP contribution in [0.2, 0.25) is 0 Å². The summed E-state index contributed by atoms with van der Waals surface area (Å²) >= 11 is 0. The molecular weight excluding hydrogens is 316 g/mol. The Bertz CT molecular complexity index is 555. The third kappa shape index (κ3) is 11.5. The van der Waals surface area contributed by atoms with Crippen LogP contribution < -0.4 is 4.74 Å². The van der Waals surface area contributed by atoms with E-state index in [2.05, 4.69) is 13.2 Å². The van der Waals surface area contributed by atoms with E-state index in [1.165, 1.54) is 18.1 Å². The maximum Gasteiger partial charge on any atom is 0.122 e. The Hall–Kier alpha value is -2.72. The second kappa shape index (κ2) is 14.8. The zero-order valence-electron chi connectivity index (χ0n) is 14.5. The number of hydrogen-bond donors (Lipinski definition) is 0. The van der Waals surface area contributed by atoms with Gasteiger partial charge in [0.25, 0.3) is 0 Å². The van der Waals surface area contributed by atoms with Crippen LogP contribution in [0.25, 0.3) is 0 Å². The minimum absolute atomic E-state index is 0.540. The predicted molar refractivity (Wildman–Crippen MR) is 100 cm³/mol. The highest BCUT2D eigenvalue weighted by Crippen LogP contribution is 2.07. The van der Waals surface area contributed by atoms with Crippen LogP contribution in [-0.4, -0.2) is 26.4 Å². The van der Waals surface area contributed by atoms with Crippen LogP contribution in [0.4, 0.5) is 0 Å². The van der Waals surface area contributed by atoms with Crippen LogP contribution in [0.15, 0.2) is 86.3 Å². The SMILES string of the molecule is C=COCCOCc1ccccc1.C=COCCOc1ccccc1. The van der Waals surface area contributed by atoms with Gasteiger partial charge in [0.1, 0.15) is 25.6 Å². The standard InChI is InChI=1S/C11H14O2.C10H12O2/c1-2-12-8-9-13-10-11-6-4-3-5-7-11;1-2-11-8-9-12-10-6-4-3-5-7-10/h2-7H,1,8-10H2;2-7H,1,8-9H2. The molecule has 4 nitrogen and oxygen atoms in total. The molecule has 0 amide bonds. The summed E-state index contributed by atoms with van der Waals surface area (Å²) in [6.45, 7) is 9.76. The van der Waals surface area contributed by atoms with Gasteiger partial charge < -0.3 is 18.9 Å². The third-order valence-electron chi connectivity index (χ3n) is 2.91. The first-order chi connectivity index (χ1) is 12.4. The second-order valence-electron chi connectivity index (χ2n) is 4.77. The lowest BCUT2D eigenvalue weighted by Crippen LogP contribution is -2.03. The zero-order chi connectivity index (χ0) is 18.0. The lowest BCUT2D eigenvalue weighted by atomic mass is 10.2. The molecule has 25 heavy (non-hydrogen) atoms. The van der Waals surface area contributed by atoms with Gasteiger partial charge in [-0.2, -0.15) is 0 Å². The van der Waals surface area contributed by atoms with E-state index in [9.17, 15) is 0 Å². The lowest BCUT2D eigenvalue weighted by molar-refractivity contribution is 0.0750. The molecule has 0 aliphatic heterocycles. The fraction of sp³-hybridized carbons (Fsp3) is 0.238. The highest BCUT2D eigenvalue weighted by Gasteiger charge is 1.91. The minimum atomic E-state index is 0.540. The predicted octanol–water partition coefficient (Wildman–Crippen LogP) is 4.59. The molecule has 0 aliphatic carbocycles. The van der Waals surface area contributed by atoms with Crippen LogP contribution in [-0.2, 0) is 20.8 Å². The largest absolute Gasteiger partial charge is 0.499 e. The maximum absolute atomic E-state index is 5.35. The van der Waals surface area contributed by atoms with E-state index in [0.717, 1.165) is 5.75 Å². The van der Waals surface area contributed by atoms with E-state index in [4.69, 9.17) is 18.9 Å². The van der Waals surface area contributed by atoms with Crippen molar-refractivity contribution in [2.75, 3.05) is 26.4 Å². The van der Waals surface area contributed by atoms with E-state index < -0.39 is 0 Å². The molecule has 2 rings (SSSR count). The Kier molecular flexibility index (Phi) is 12.1. The van der Waals surface area contributed by atoms with Gasteiger partial charge in [0.15, 0.2) is 0 Å². The molecule has 0 aromatic heterocycles. The van der Waals surface area contributed by atoms with Gasteiger partial charge in [0, 0.05) is 0 Å². The van der Waals surface area contributed by atoms with E-state index in [1.54, 1.807) is 0 Å². The number of para-hydroxylation sites is 1. The van der Waals surface area contributed by atoms with Crippen molar-refractivity contribution in [1.82, 2.24) is 0 Å². The normalized spacial score (nSPS) is 9.28. The van der Waals surface area contributed by atoms with Crippen LogP contribution in [0.5, 0.6) is 5.75 Å². The molecule has 0 spiro atoms. The van der Waals surface area contributed by atoms with E-state index in [0.29, 0.717) is 33.0 Å². The molecule has 134 valence electrons. The summed E-state index contributed by atoms with van der Waals surface area (Å²) in [6.07, 6.45) is 2.83. The maximum atomic E-state index is 5.35. The number of ether oxygens (including phenoxy) is 4. The highest BCUT2D eigenvalue weighted by atomic mass is 16.5. The number of hydrogen-bond acceptors (Lipinski definition) is 4. The smallest absolute Gasteiger partial charge is 0.122 e. The Balaban J connectivity index is 0.000000251. The molecule has 0 fully saturated rings. The summed E-state index contributed by atoms with van der Waals surface area (Å²) in [4.78, 5) is 0. The van der Waals surface area contributed by atoms with Gasteiger partial charge in [-0.25, -0.2) is 0 Å². The molecule has 0 saturated heterocycles. The van der Waals surface area contributed by atoms with Crippen LogP contribution in [0.1, 0.15) is 5.56 Å². The number of rotatable bonds is 11. The molecule has 0 N–H and O–H groups in total. The van der Waals surface area contributed by atoms with Crippen molar-refractivity contribution in [2.24, 2.45) is 0 Å². The molecule has 2 aromatic carbocycles. The average molecular weight is 342 g/mol. The molecule has 4 heteroatoms. The van der Waals surface area contributed by atoms with Crippen LogP contribution in [0.3, 0.4) is 0 Å². The van der Waals surface area contributed by atoms with Gasteiger partial charge in [0.2, 0.25) is 0 Å². The first-order valence-electron chi connectivity index (χ1n) is 8.11. The van der Waals surface area contributed by atoms with Crippen molar-refractivity contribution in [3.63, 3.8) is 0 Å². The summed E-state index contributed by atoms with van der Waals surface area (Å²) < 4.78 is 20.5.